The Bertz CT molecular complexity index is 578. The Labute approximate surface area is 137 Å². The molecule has 23 heavy (non-hydrogen) atoms. The molecule has 0 atom stereocenters. The highest BCUT2D eigenvalue weighted by Gasteiger charge is 2.30. The van der Waals surface area contributed by atoms with Crippen LogP contribution in [0.4, 0.5) is 13.2 Å². The number of halogens is 3. The molecule has 0 amide bonds. The number of hydrogen-bond acceptors (Lipinski definition) is 2. The number of sulfone groups is 1. The van der Waals surface area contributed by atoms with Gasteiger partial charge in [-0.25, -0.2) is 8.42 Å². The Balaban J connectivity index is 2.24. The van der Waals surface area contributed by atoms with E-state index in [0.29, 0.717) is 18.4 Å². The Morgan fingerprint density at radius 2 is 1.61 bits per heavy atom. The van der Waals surface area contributed by atoms with Gasteiger partial charge in [0.2, 0.25) is 0 Å². The zero-order valence-electron chi connectivity index (χ0n) is 13.7. The van der Waals surface area contributed by atoms with E-state index < -0.39 is 21.6 Å². The lowest BCUT2D eigenvalue weighted by Gasteiger charge is -2.09. The minimum atomic E-state index is -4.29. The quantitative estimate of drug-likeness (QED) is 0.586. The van der Waals surface area contributed by atoms with Crippen LogP contribution in [0, 0.1) is 0 Å². The second kappa shape index (κ2) is 8.71. The molecule has 0 saturated heterocycles. The van der Waals surface area contributed by atoms with E-state index in [4.69, 9.17) is 0 Å². The van der Waals surface area contributed by atoms with Crippen molar-refractivity contribution in [1.29, 1.82) is 0 Å². The summed E-state index contributed by atoms with van der Waals surface area (Å²) in [7, 11) is -2.96. The van der Waals surface area contributed by atoms with Gasteiger partial charge in [-0.3, -0.25) is 0 Å². The number of unbranched alkanes of at least 4 members (excludes halogenated alkanes) is 4. The lowest BCUT2D eigenvalue weighted by Crippen LogP contribution is -2.17. The summed E-state index contributed by atoms with van der Waals surface area (Å²) in [6.45, 7) is 3.37. The average Bonchev–Trinajstić information content (AvgIpc) is 2.45. The molecule has 0 aliphatic carbocycles. The molecule has 1 aromatic rings. The number of alkyl halides is 3. The summed E-state index contributed by atoms with van der Waals surface area (Å²) >= 11 is 0. The van der Waals surface area contributed by atoms with Crippen LogP contribution < -0.4 is 0 Å². The molecule has 6 heteroatoms. The molecule has 0 aliphatic heterocycles. The predicted octanol–water partition coefficient (Wildman–Crippen LogP) is 5.02. The maximum absolute atomic E-state index is 12.6. The Hall–Kier alpha value is -1.04. The fourth-order valence-electron chi connectivity index (χ4n) is 2.30. The van der Waals surface area contributed by atoms with Gasteiger partial charge in [0, 0.05) is 0 Å². The van der Waals surface area contributed by atoms with Gasteiger partial charge in [-0.15, -0.1) is 0 Å². The van der Waals surface area contributed by atoms with Crippen LogP contribution in [0.3, 0.4) is 0 Å². The van der Waals surface area contributed by atoms with E-state index in [2.05, 4.69) is 0 Å². The molecule has 1 rings (SSSR count). The lowest BCUT2D eigenvalue weighted by molar-refractivity contribution is -0.137. The van der Waals surface area contributed by atoms with Crippen molar-refractivity contribution in [2.75, 3.05) is 5.75 Å². The molecule has 132 valence electrons. The van der Waals surface area contributed by atoms with Gasteiger partial charge in [-0.2, -0.15) is 13.2 Å². The summed E-state index contributed by atoms with van der Waals surface area (Å²) < 4.78 is 61.0. The van der Waals surface area contributed by atoms with E-state index in [1.165, 1.54) is 12.1 Å². The molecule has 0 aromatic heterocycles. The smallest absolute Gasteiger partial charge is 0.229 e. The van der Waals surface area contributed by atoms with E-state index >= 15 is 0 Å². The minimum Gasteiger partial charge on any atom is -0.229 e. The molecular weight excluding hydrogens is 325 g/mol. The number of benzene rings is 1. The molecule has 0 unspecified atom stereocenters. The van der Waals surface area contributed by atoms with Gasteiger partial charge in [0.05, 0.1) is 16.6 Å². The van der Waals surface area contributed by atoms with Gasteiger partial charge >= 0.3 is 6.18 Å². The second-order valence-electron chi connectivity index (χ2n) is 6.13. The summed E-state index contributed by atoms with van der Waals surface area (Å²) in [5.74, 6) is 0.221. The third-order valence-corrected chi connectivity index (χ3v) is 6.16. The summed E-state index contributed by atoms with van der Waals surface area (Å²) in [4.78, 5) is 0. The Kier molecular flexibility index (Phi) is 7.58. The molecule has 0 spiro atoms. The van der Waals surface area contributed by atoms with Crippen LogP contribution in [0.1, 0.15) is 57.1 Å². The predicted molar refractivity (Wildman–Crippen MR) is 87.2 cm³/mol. The van der Waals surface area contributed by atoms with Crippen molar-refractivity contribution >= 4 is 9.84 Å². The summed E-state index contributed by atoms with van der Waals surface area (Å²) in [6.07, 6.45) is 0.452. The van der Waals surface area contributed by atoms with E-state index in [1.54, 1.807) is 19.9 Å². The molecule has 0 bridgehead atoms. The molecule has 0 N–H and O–H groups in total. The van der Waals surface area contributed by atoms with Gasteiger partial charge < -0.3 is 0 Å². The first-order chi connectivity index (χ1) is 10.6. The third kappa shape index (κ3) is 7.38. The van der Waals surface area contributed by atoms with Gasteiger partial charge in [-0.1, -0.05) is 37.5 Å². The largest absolute Gasteiger partial charge is 0.416 e. The standard InChI is InChI=1S/C17H25F3O2S/c1-14(2)23(21,22)12-7-5-3-4-6-9-15-10-8-11-16(13-15)17(18,19)20/h8,10-11,13-14H,3-7,9,12H2,1-2H3. The van der Waals surface area contributed by atoms with Gasteiger partial charge in [0.1, 0.15) is 0 Å². The van der Waals surface area contributed by atoms with E-state index in [1.807, 2.05) is 0 Å². The minimum absolute atomic E-state index is 0.221. The van der Waals surface area contributed by atoms with Crippen LogP contribution >= 0.6 is 0 Å². The van der Waals surface area contributed by atoms with Crippen molar-refractivity contribution in [2.45, 2.75) is 63.8 Å². The molecule has 0 heterocycles. The van der Waals surface area contributed by atoms with Gasteiger partial charge in [0.25, 0.3) is 0 Å². The van der Waals surface area contributed by atoms with Crippen molar-refractivity contribution in [3.05, 3.63) is 35.4 Å². The van der Waals surface area contributed by atoms with Crippen LogP contribution in [0.5, 0.6) is 0 Å². The summed E-state index contributed by atoms with van der Waals surface area (Å²) in [5.41, 5.74) is 0.0936. The third-order valence-electron chi connectivity index (χ3n) is 3.87. The second-order valence-corrected chi connectivity index (χ2v) is 8.81. The molecular formula is C17H25F3O2S. The average molecular weight is 350 g/mol. The molecule has 1 aromatic carbocycles. The first kappa shape index (κ1) is 20.0. The molecule has 0 saturated carbocycles. The fourth-order valence-corrected chi connectivity index (χ4v) is 3.38. The number of rotatable bonds is 9. The Morgan fingerprint density at radius 3 is 2.22 bits per heavy atom. The normalized spacial score (nSPS) is 12.8. The van der Waals surface area contributed by atoms with Gasteiger partial charge in [-0.05, 0) is 44.7 Å². The summed E-state index contributed by atoms with van der Waals surface area (Å²) in [5, 5.41) is -0.330. The van der Waals surface area contributed by atoms with Crippen LogP contribution in [0.2, 0.25) is 0 Å². The van der Waals surface area contributed by atoms with Crippen molar-refractivity contribution in [3.8, 4) is 0 Å². The zero-order chi connectivity index (χ0) is 17.5. The first-order valence-electron chi connectivity index (χ1n) is 8.00. The van der Waals surface area contributed by atoms with E-state index in [9.17, 15) is 21.6 Å². The van der Waals surface area contributed by atoms with Crippen molar-refractivity contribution in [3.63, 3.8) is 0 Å². The molecule has 0 aliphatic rings. The SMILES string of the molecule is CC(C)S(=O)(=O)CCCCCCCc1cccc(C(F)(F)F)c1. The van der Waals surface area contributed by atoms with E-state index in [0.717, 1.165) is 31.7 Å². The molecule has 2 nitrogen and oxygen atoms in total. The van der Waals surface area contributed by atoms with Crippen LogP contribution in [-0.2, 0) is 22.4 Å². The highest BCUT2D eigenvalue weighted by molar-refractivity contribution is 7.91. The maximum Gasteiger partial charge on any atom is 0.416 e. The summed E-state index contributed by atoms with van der Waals surface area (Å²) in [6, 6.07) is 5.44. The lowest BCUT2D eigenvalue weighted by atomic mass is 10.0. The zero-order valence-corrected chi connectivity index (χ0v) is 14.5. The Morgan fingerprint density at radius 1 is 1.00 bits per heavy atom. The van der Waals surface area contributed by atoms with Crippen molar-refractivity contribution < 1.29 is 21.6 Å². The van der Waals surface area contributed by atoms with Crippen molar-refractivity contribution in [1.82, 2.24) is 0 Å². The van der Waals surface area contributed by atoms with Crippen LogP contribution in [-0.4, -0.2) is 19.4 Å². The number of aryl methyl sites for hydroxylation is 1. The van der Waals surface area contributed by atoms with Crippen LogP contribution in [0.15, 0.2) is 24.3 Å². The monoisotopic (exact) mass is 350 g/mol. The highest BCUT2D eigenvalue weighted by atomic mass is 32.2. The number of hydrogen-bond donors (Lipinski definition) is 0. The first-order valence-corrected chi connectivity index (χ1v) is 9.72. The highest BCUT2D eigenvalue weighted by Crippen LogP contribution is 2.29. The maximum atomic E-state index is 12.6. The van der Waals surface area contributed by atoms with E-state index in [-0.39, 0.29) is 11.0 Å². The molecule has 0 radical (unpaired) electrons. The fraction of sp³-hybridized carbons (Fsp3) is 0.647. The molecule has 0 fully saturated rings. The van der Waals surface area contributed by atoms with Crippen LogP contribution in [0.25, 0.3) is 0 Å². The van der Waals surface area contributed by atoms with Gasteiger partial charge in [0.15, 0.2) is 9.84 Å². The topological polar surface area (TPSA) is 34.1 Å². The van der Waals surface area contributed by atoms with Crippen molar-refractivity contribution in [2.24, 2.45) is 0 Å².